The Kier molecular flexibility index (Phi) is 13.7. The van der Waals surface area contributed by atoms with E-state index in [1.54, 1.807) is 7.11 Å². The Balaban J connectivity index is 0.000000320. The van der Waals surface area contributed by atoms with Gasteiger partial charge in [-0.3, -0.25) is 14.4 Å². The topological polar surface area (TPSA) is 90.9 Å². The third-order valence-corrected chi connectivity index (χ3v) is 5.33. The van der Waals surface area contributed by atoms with E-state index in [1.165, 1.54) is 0 Å². The molecule has 1 heterocycles. The fourth-order valence-corrected chi connectivity index (χ4v) is 3.26. The summed E-state index contributed by atoms with van der Waals surface area (Å²) in [6.45, 7) is 8.60. The van der Waals surface area contributed by atoms with Crippen molar-refractivity contribution in [3.8, 4) is 0 Å². The SMILES string of the molecule is CCC(CC(=O)OCc1ccccc1)OC.CCC1CC(=O)CN[C@@H](C(C)C)C(=O)CO1. The average Bonchev–Trinajstić information content (AvgIpc) is 2.86. The molecule has 32 heavy (non-hydrogen) atoms. The minimum absolute atomic E-state index is 0.0386. The van der Waals surface area contributed by atoms with E-state index >= 15 is 0 Å². The number of benzene rings is 1. The first kappa shape index (κ1) is 27.9. The molecule has 1 aliphatic rings. The van der Waals surface area contributed by atoms with Crippen LogP contribution in [0.15, 0.2) is 30.3 Å². The number of methoxy groups -OCH3 is 1. The number of ether oxygens (including phenoxy) is 3. The highest BCUT2D eigenvalue weighted by molar-refractivity contribution is 5.87. The van der Waals surface area contributed by atoms with Crippen LogP contribution in [0.1, 0.15) is 58.9 Å². The summed E-state index contributed by atoms with van der Waals surface area (Å²) >= 11 is 0. The highest BCUT2D eigenvalue weighted by atomic mass is 16.5. The molecule has 0 saturated carbocycles. The fraction of sp³-hybridized carbons (Fsp3) is 0.640. The van der Waals surface area contributed by atoms with Crippen molar-refractivity contribution in [1.82, 2.24) is 5.32 Å². The molecule has 180 valence electrons. The van der Waals surface area contributed by atoms with Crippen LogP contribution in [0.3, 0.4) is 0 Å². The van der Waals surface area contributed by atoms with Crippen molar-refractivity contribution < 1.29 is 28.6 Å². The third kappa shape index (κ3) is 11.0. The first-order valence-corrected chi connectivity index (χ1v) is 11.4. The van der Waals surface area contributed by atoms with E-state index in [1.807, 2.05) is 58.0 Å². The second kappa shape index (κ2) is 15.7. The molecule has 0 spiro atoms. The maximum atomic E-state index is 11.8. The lowest BCUT2D eigenvalue weighted by Gasteiger charge is -2.19. The van der Waals surface area contributed by atoms with Crippen molar-refractivity contribution in [2.45, 2.75) is 78.2 Å². The molecular formula is C25H39NO6. The van der Waals surface area contributed by atoms with E-state index in [2.05, 4.69) is 5.32 Å². The van der Waals surface area contributed by atoms with E-state index in [9.17, 15) is 14.4 Å². The van der Waals surface area contributed by atoms with Crippen molar-refractivity contribution in [3.05, 3.63) is 35.9 Å². The maximum Gasteiger partial charge on any atom is 0.308 e. The highest BCUT2D eigenvalue weighted by Crippen LogP contribution is 2.10. The molecule has 0 aromatic heterocycles. The lowest BCUT2D eigenvalue weighted by molar-refractivity contribution is -0.147. The molecule has 1 fully saturated rings. The summed E-state index contributed by atoms with van der Waals surface area (Å²) in [6.07, 6.45) is 2.16. The Hall–Kier alpha value is -2.09. The van der Waals surface area contributed by atoms with E-state index in [4.69, 9.17) is 14.2 Å². The highest BCUT2D eigenvalue weighted by Gasteiger charge is 2.26. The predicted molar refractivity (Wildman–Crippen MR) is 123 cm³/mol. The Labute approximate surface area is 192 Å². The van der Waals surface area contributed by atoms with Crippen LogP contribution in [-0.2, 0) is 35.2 Å². The van der Waals surface area contributed by atoms with Gasteiger partial charge in [-0.2, -0.15) is 0 Å². The second-order valence-electron chi connectivity index (χ2n) is 8.27. The number of esters is 1. The molecule has 1 saturated heterocycles. The fourth-order valence-electron chi connectivity index (χ4n) is 3.26. The molecule has 2 rings (SSSR count). The number of ketones is 2. The first-order valence-electron chi connectivity index (χ1n) is 11.4. The summed E-state index contributed by atoms with van der Waals surface area (Å²) in [6, 6.07) is 9.38. The summed E-state index contributed by atoms with van der Waals surface area (Å²) < 4.78 is 15.7. The normalized spacial score (nSPS) is 20.4. The predicted octanol–water partition coefficient (Wildman–Crippen LogP) is 3.48. The molecular weight excluding hydrogens is 410 g/mol. The monoisotopic (exact) mass is 449 g/mol. The zero-order valence-corrected chi connectivity index (χ0v) is 20.1. The Morgan fingerprint density at radius 1 is 1.19 bits per heavy atom. The van der Waals surface area contributed by atoms with Gasteiger partial charge in [0.15, 0.2) is 5.78 Å². The summed E-state index contributed by atoms with van der Waals surface area (Å²) in [7, 11) is 1.61. The van der Waals surface area contributed by atoms with E-state index in [0.717, 1.165) is 18.4 Å². The summed E-state index contributed by atoms with van der Waals surface area (Å²) in [5.74, 6) is 0.134. The zero-order chi connectivity index (χ0) is 23.9. The molecule has 0 bridgehead atoms. The van der Waals surface area contributed by atoms with Gasteiger partial charge in [0, 0.05) is 13.5 Å². The van der Waals surface area contributed by atoms with Crippen molar-refractivity contribution in [2.24, 2.45) is 5.92 Å². The molecule has 1 aliphatic heterocycles. The average molecular weight is 450 g/mol. The van der Waals surface area contributed by atoms with Crippen molar-refractivity contribution in [1.29, 1.82) is 0 Å². The van der Waals surface area contributed by atoms with E-state index < -0.39 is 0 Å². The van der Waals surface area contributed by atoms with Crippen LogP contribution >= 0.6 is 0 Å². The van der Waals surface area contributed by atoms with Crippen molar-refractivity contribution in [2.75, 3.05) is 20.3 Å². The van der Waals surface area contributed by atoms with Crippen LogP contribution in [0.25, 0.3) is 0 Å². The second-order valence-corrected chi connectivity index (χ2v) is 8.27. The third-order valence-electron chi connectivity index (χ3n) is 5.33. The number of hydrogen-bond acceptors (Lipinski definition) is 7. The molecule has 0 aliphatic carbocycles. The van der Waals surface area contributed by atoms with Gasteiger partial charge >= 0.3 is 5.97 Å². The van der Waals surface area contributed by atoms with Gasteiger partial charge < -0.3 is 19.5 Å². The summed E-state index contributed by atoms with van der Waals surface area (Å²) in [5, 5.41) is 3.03. The Bertz CT molecular complexity index is 687. The quantitative estimate of drug-likeness (QED) is 0.608. The number of nitrogens with one attached hydrogen (secondary N) is 1. The van der Waals surface area contributed by atoms with Gasteiger partial charge in [-0.05, 0) is 24.3 Å². The summed E-state index contributed by atoms with van der Waals surface area (Å²) in [4.78, 5) is 34.9. The molecule has 0 radical (unpaired) electrons. The zero-order valence-electron chi connectivity index (χ0n) is 20.1. The molecule has 0 amide bonds. The van der Waals surface area contributed by atoms with Crippen LogP contribution in [0, 0.1) is 5.92 Å². The number of carbonyl (C=O) groups is 3. The smallest absolute Gasteiger partial charge is 0.308 e. The molecule has 7 heteroatoms. The lowest BCUT2D eigenvalue weighted by Crippen LogP contribution is -2.44. The minimum Gasteiger partial charge on any atom is -0.461 e. The van der Waals surface area contributed by atoms with Gasteiger partial charge in [-0.15, -0.1) is 0 Å². The largest absolute Gasteiger partial charge is 0.461 e. The molecule has 1 N–H and O–H groups in total. The molecule has 1 aromatic rings. The first-order chi connectivity index (χ1) is 15.3. The van der Waals surface area contributed by atoms with Crippen LogP contribution in [0.2, 0.25) is 0 Å². The van der Waals surface area contributed by atoms with Gasteiger partial charge in [0.2, 0.25) is 0 Å². The van der Waals surface area contributed by atoms with Gasteiger partial charge in [-0.25, -0.2) is 0 Å². The number of hydrogen-bond donors (Lipinski definition) is 1. The molecule has 1 aromatic carbocycles. The molecule has 2 unspecified atom stereocenters. The van der Waals surface area contributed by atoms with Crippen LogP contribution in [0.4, 0.5) is 0 Å². The standard InChI is InChI=1S/C13H18O3.C12H21NO3/c1-3-12(15-2)9-13(14)16-10-11-7-5-4-6-8-11;1-4-10-5-9(14)6-13-12(8(2)3)11(15)7-16-10/h4-8,12H,3,9-10H2,1-2H3;8,10,12-13H,4-7H2,1-3H3/t;10?,12-/m.0/s1. The lowest BCUT2D eigenvalue weighted by atomic mass is 10.0. The molecule has 3 atom stereocenters. The van der Waals surface area contributed by atoms with Gasteiger partial charge in [0.1, 0.15) is 19.0 Å². The van der Waals surface area contributed by atoms with Crippen LogP contribution in [0.5, 0.6) is 0 Å². The van der Waals surface area contributed by atoms with Crippen molar-refractivity contribution >= 4 is 17.5 Å². The molecule has 7 nitrogen and oxygen atoms in total. The van der Waals surface area contributed by atoms with E-state index in [0.29, 0.717) is 19.4 Å². The summed E-state index contributed by atoms with van der Waals surface area (Å²) in [5.41, 5.74) is 1.00. The van der Waals surface area contributed by atoms with Gasteiger partial charge in [0.25, 0.3) is 0 Å². The van der Waals surface area contributed by atoms with Crippen LogP contribution < -0.4 is 5.32 Å². The van der Waals surface area contributed by atoms with Crippen molar-refractivity contribution in [3.63, 3.8) is 0 Å². The number of carbonyl (C=O) groups excluding carboxylic acids is 3. The number of Topliss-reactive ketones (excluding diaryl/α,β-unsaturated/α-hetero) is 2. The van der Waals surface area contributed by atoms with E-state index in [-0.39, 0.29) is 54.9 Å². The minimum atomic E-state index is -0.264. The van der Waals surface area contributed by atoms with Gasteiger partial charge in [0.05, 0.1) is 31.2 Å². The Morgan fingerprint density at radius 3 is 2.44 bits per heavy atom. The number of rotatable bonds is 8. The van der Waals surface area contributed by atoms with Crippen LogP contribution in [-0.4, -0.2) is 56.0 Å². The Morgan fingerprint density at radius 2 is 1.88 bits per heavy atom. The van der Waals surface area contributed by atoms with Gasteiger partial charge in [-0.1, -0.05) is 58.0 Å². The maximum absolute atomic E-state index is 11.8.